The summed E-state index contributed by atoms with van der Waals surface area (Å²) >= 11 is 1.32. The van der Waals surface area contributed by atoms with Crippen LogP contribution < -0.4 is 10.6 Å². The molecule has 2 aromatic carbocycles. The highest BCUT2D eigenvalue weighted by molar-refractivity contribution is 7.89. The van der Waals surface area contributed by atoms with E-state index in [0.29, 0.717) is 46.9 Å². The lowest BCUT2D eigenvalue weighted by molar-refractivity contribution is -0.119. The summed E-state index contributed by atoms with van der Waals surface area (Å²) in [5, 5.41) is 7.77. The molecule has 1 saturated heterocycles. The lowest BCUT2D eigenvalue weighted by Crippen LogP contribution is -2.43. The molecular weight excluding hydrogens is 472 g/mol. The number of aromatic nitrogens is 1. The van der Waals surface area contributed by atoms with Crippen LogP contribution in [0.2, 0.25) is 0 Å². The average molecular weight is 499 g/mol. The molecule has 0 aliphatic carbocycles. The number of benzene rings is 2. The Hall–Kier alpha value is -3.08. The molecule has 2 amide bonds. The first-order chi connectivity index (χ1) is 16.2. The third-order valence-electron chi connectivity index (χ3n) is 5.75. The van der Waals surface area contributed by atoms with E-state index in [9.17, 15) is 18.0 Å². The molecule has 1 aromatic heterocycles. The van der Waals surface area contributed by atoms with E-state index in [1.165, 1.54) is 15.6 Å². The zero-order valence-electron chi connectivity index (χ0n) is 19.2. The first kappa shape index (κ1) is 24.1. The Balaban J connectivity index is 1.48. The molecule has 1 atom stereocenters. The van der Waals surface area contributed by atoms with E-state index in [2.05, 4.69) is 15.6 Å². The number of rotatable bonds is 6. The number of nitrogens with one attached hydrogen (secondary N) is 2. The summed E-state index contributed by atoms with van der Waals surface area (Å²) in [4.78, 5) is 29.7. The monoisotopic (exact) mass is 498 g/mol. The van der Waals surface area contributed by atoms with Crippen LogP contribution in [-0.4, -0.2) is 42.1 Å². The van der Waals surface area contributed by atoms with Gasteiger partial charge in [-0.1, -0.05) is 17.7 Å². The van der Waals surface area contributed by atoms with Crippen LogP contribution in [0, 0.1) is 20.8 Å². The lowest BCUT2D eigenvalue weighted by Gasteiger charge is -2.25. The minimum atomic E-state index is -3.83. The van der Waals surface area contributed by atoms with Crippen molar-refractivity contribution < 1.29 is 18.0 Å². The highest BCUT2D eigenvalue weighted by Crippen LogP contribution is 2.31. The second kappa shape index (κ2) is 9.65. The maximum Gasteiger partial charge on any atom is 0.257 e. The van der Waals surface area contributed by atoms with Gasteiger partial charge < -0.3 is 5.32 Å². The van der Waals surface area contributed by atoms with Crippen molar-refractivity contribution in [2.75, 3.05) is 17.2 Å². The third kappa shape index (κ3) is 4.89. The molecule has 1 aliphatic rings. The van der Waals surface area contributed by atoms with Crippen LogP contribution in [-0.2, 0) is 14.8 Å². The maximum absolute atomic E-state index is 13.5. The van der Waals surface area contributed by atoms with Gasteiger partial charge in [-0.05, 0) is 69.0 Å². The van der Waals surface area contributed by atoms with Crippen LogP contribution in [0.25, 0.3) is 0 Å². The summed E-state index contributed by atoms with van der Waals surface area (Å²) in [6, 6.07) is 9.33. The van der Waals surface area contributed by atoms with Gasteiger partial charge in [0.15, 0.2) is 5.13 Å². The van der Waals surface area contributed by atoms with Crippen LogP contribution >= 0.6 is 11.3 Å². The second-order valence-corrected chi connectivity index (χ2v) is 11.1. The maximum atomic E-state index is 13.5. The van der Waals surface area contributed by atoms with Gasteiger partial charge in [0.2, 0.25) is 15.9 Å². The summed E-state index contributed by atoms with van der Waals surface area (Å²) in [5.41, 5.74) is 3.25. The summed E-state index contributed by atoms with van der Waals surface area (Å²) in [5.74, 6) is -0.687. The molecule has 0 spiro atoms. The molecule has 2 heterocycles. The predicted octanol–water partition coefficient (Wildman–Crippen LogP) is 4.11. The number of amides is 2. The summed E-state index contributed by atoms with van der Waals surface area (Å²) in [6.45, 7) is 5.79. The molecular formula is C24H26N4O4S2. The van der Waals surface area contributed by atoms with Gasteiger partial charge in [0, 0.05) is 29.4 Å². The van der Waals surface area contributed by atoms with Gasteiger partial charge in [-0.15, -0.1) is 11.3 Å². The van der Waals surface area contributed by atoms with Crippen molar-refractivity contribution in [3.63, 3.8) is 0 Å². The van der Waals surface area contributed by atoms with E-state index in [-0.39, 0.29) is 16.7 Å². The van der Waals surface area contributed by atoms with Crippen molar-refractivity contribution in [3.8, 4) is 0 Å². The molecule has 1 fully saturated rings. The van der Waals surface area contributed by atoms with Gasteiger partial charge in [0.1, 0.15) is 6.04 Å². The zero-order valence-corrected chi connectivity index (χ0v) is 20.8. The highest BCUT2D eigenvalue weighted by atomic mass is 32.2. The SMILES string of the molecule is Cc1cc(C)c(S(=O)(=O)N2CCCC2C(=O)Nc2ccc(C(=O)Nc3nccs3)cc2)c(C)c1. The van der Waals surface area contributed by atoms with Crippen LogP contribution in [0.3, 0.4) is 0 Å². The predicted molar refractivity (Wildman–Crippen MR) is 133 cm³/mol. The van der Waals surface area contributed by atoms with Crippen LogP contribution in [0.5, 0.6) is 0 Å². The van der Waals surface area contributed by atoms with E-state index in [1.54, 1.807) is 49.7 Å². The number of nitrogens with zero attached hydrogens (tertiary/aromatic N) is 2. The molecule has 3 aromatic rings. The number of anilines is 2. The highest BCUT2D eigenvalue weighted by Gasteiger charge is 2.40. The topological polar surface area (TPSA) is 108 Å². The summed E-state index contributed by atoms with van der Waals surface area (Å²) in [6.07, 6.45) is 2.66. The van der Waals surface area contributed by atoms with Gasteiger partial charge in [0.05, 0.1) is 4.90 Å². The quantitative estimate of drug-likeness (QED) is 0.532. The number of carbonyl (C=O) groups is 2. The fourth-order valence-corrected chi connectivity index (χ4v) is 6.96. The molecule has 0 radical (unpaired) electrons. The van der Waals surface area contributed by atoms with Crippen molar-refractivity contribution in [2.24, 2.45) is 0 Å². The standard InChI is InChI=1S/C24H26N4O4S2/c1-15-13-16(2)21(17(3)14-15)34(31,32)28-11-4-5-20(28)23(30)26-19-8-6-18(7-9-19)22(29)27-24-25-10-12-33-24/h6-10,12-14,20H,4-5,11H2,1-3H3,(H,26,30)(H,25,27,29). The smallest absolute Gasteiger partial charge is 0.257 e. The van der Waals surface area contributed by atoms with E-state index in [1.807, 2.05) is 19.1 Å². The number of hydrogen-bond acceptors (Lipinski definition) is 6. The number of hydrogen-bond donors (Lipinski definition) is 2. The Morgan fingerprint density at radius 1 is 1.06 bits per heavy atom. The average Bonchev–Trinajstić information content (AvgIpc) is 3.45. The largest absolute Gasteiger partial charge is 0.325 e. The van der Waals surface area contributed by atoms with Crippen LogP contribution in [0.4, 0.5) is 10.8 Å². The zero-order chi connectivity index (χ0) is 24.5. The first-order valence-corrected chi connectivity index (χ1v) is 13.2. The Kier molecular flexibility index (Phi) is 6.83. The third-order valence-corrected chi connectivity index (χ3v) is 8.65. The molecule has 10 heteroatoms. The summed E-state index contributed by atoms with van der Waals surface area (Å²) < 4.78 is 28.3. The van der Waals surface area contributed by atoms with E-state index in [4.69, 9.17) is 0 Å². The Morgan fingerprint density at radius 3 is 2.35 bits per heavy atom. The number of carbonyl (C=O) groups excluding carboxylic acids is 2. The van der Waals surface area contributed by atoms with E-state index in [0.717, 1.165) is 5.56 Å². The van der Waals surface area contributed by atoms with Crippen molar-refractivity contribution >= 4 is 44.0 Å². The number of aryl methyl sites for hydroxylation is 3. The fraction of sp³-hybridized carbons (Fsp3) is 0.292. The Bertz CT molecular complexity index is 1300. The van der Waals surface area contributed by atoms with Crippen molar-refractivity contribution in [1.82, 2.24) is 9.29 Å². The van der Waals surface area contributed by atoms with Gasteiger partial charge in [-0.25, -0.2) is 13.4 Å². The summed E-state index contributed by atoms with van der Waals surface area (Å²) in [7, 11) is -3.83. The molecule has 34 heavy (non-hydrogen) atoms. The minimum absolute atomic E-state index is 0.272. The Morgan fingerprint density at radius 2 is 1.74 bits per heavy atom. The molecule has 4 rings (SSSR count). The van der Waals surface area contributed by atoms with Gasteiger partial charge in [-0.2, -0.15) is 4.31 Å². The lowest BCUT2D eigenvalue weighted by atomic mass is 10.1. The molecule has 1 unspecified atom stereocenters. The number of thiazole rings is 1. The molecule has 178 valence electrons. The molecule has 0 bridgehead atoms. The van der Waals surface area contributed by atoms with Crippen LogP contribution in [0.1, 0.15) is 39.9 Å². The molecule has 1 aliphatic heterocycles. The van der Waals surface area contributed by atoms with Gasteiger partial charge in [-0.3, -0.25) is 14.9 Å². The second-order valence-electron chi connectivity index (χ2n) is 8.36. The Labute approximate surface area is 203 Å². The van der Waals surface area contributed by atoms with Crippen molar-refractivity contribution in [1.29, 1.82) is 0 Å². The van der Waals surface area contributed by atoms with Gasteiger partial charge in [0.25, 0.3) is 5.91 Å². The fourth-order valence-electron chi connectivity index (χ4n) is 4.37. The minimum Gasteiger partial charge on any atom is -0.325 e. The molecule has 8 nitrogen and oxygen atoms in total. The van der Waals surface area contributed by atoms with Crippen molar-refractivity contribution in [3.05, 3.63) is 70.2 Å². The normalized spacial score (nSPS) is 16.4. The van der Waals surface area contributed by atoms with E-state index < -0.39 is 16.1 Å². The van der Waals surface area contributed by atoms with E-state index >= 15 is 0 Å². The number of sulfonamides is 1. The first-order valence-electron chi connectivity index (χ1n) is 10.9. The molecule has 2 N–H and O–H groups in total. The van der Waals surface area contributed by atoms with Crippen molar-refractivity contribution in [2.45, 2.75) is 44.6 Å². The van der Waals surface area contributed by atoms with Crippen LogP contribution in [0.15, 0.2) is 52.9 Å². The van der Waals surface area contributed by atoms with Gasteiger partial charge >= 0.3 is 0 Å². The molecule has 0 saturated carbocycles.